The molecule has 1 N–H and O–H groups in total. The number of sulfonamides is 1. The van der Waals surface area contributed by atoms with Gasteiger partial charge in [-0.2, -0.15) is 0 Å². The Bertz CT molecular complexity index is 584. The Morgan fingerprint density at radius 2 is 1.22 bits per heavy atom. The van der Waals surface area contributed by atoms with Crippen molar-refractivity contribution in [1.82, 2.24) is 9.62 Å². The maximum absolute atomic E-state index is 10.8. The Kier molecular flexibility index (Phi) is 15.3. The topological polar surface area (TPSA) is 164 Å². The zero-order valence-electron chi connectivity index (χ0n) is 13.4. The number of nitrogens with one attached hydrogen (secondary N) is 1. The van der Waals surface area contributed by atoms with Crippen LogP contribution < -0.4 is 42.4 Å². The van der Waals surface area contributed by atoms with Crippen molar-refractivity contribution in [1.29, 1.82) is 0 Å². The van der Waals surface area contributed by atoms with Gasteiger partial charge in [-0.3, -0.25) is 0 Å². The van der Waals surface area contributed by atoms with Crippen molar-refractivity contribution < 1.29 is 72.1 Å². The van der Waals surface area contributed by atoms with E-state index in [1.807, 2.05) is 0 Å². The van der Waals surface area contributed by atoms with Crippen LogP contribution in [0.5, 0.6) is 0 Å². The van der Waals surface area contributed by atoms with Gasteiger partial charge in [0.1, 0.15) is 0 Å². The Morgan fingerprint density at radius 1 is 0.826 bits per heavy atom. The summed E-state index contributed by atoms with van der Waals surface area (Å²) in [5, 5.41) is 0. The average molecular weight is 380 g/mol. The van der Waals surface area contributed by atoms with Crippen LogP contribution in [0.4, 0.5) is 0 Å². The zero-order valence-corrected chi connectivity index (χ0v) is 15.8. The second-order valence-electron chi connectivity index (χ2n) is 4.39. The minimum Gasteiger partial charge on any atom is -0.748 e. The first-order chi connectivity index (χ1) is 9.29. The molecule has 15 heteroatoms. The maximum Gasteiger partial charge on any atom is 1.00 e. The molecule has 0 amide bonds. The summed E-state index contributed by atoms with van der Waals surface area (Å²) >= 11 is 0. The van der Waals surface area contributed by atoms with E-state index >= 15 is 0 Å². The molecule has 0 fully saturated rings. The van der Waals surface area contributed by atoms with Gasteiger partial charge < -0.3 is 14.0 Å². The molecule has 23 heavy (non-hydrogen) atoms. The number of hydrogen-bond acceptors (Lipinski definition) is 9. The molecule has 0 heterocycles. The fraction of sp³-hybridized carbons (Fsp3) is 1.00. The van der Waals surface area contributed by atoms with Crippen LogP contribution in [0.15, 0.2) is 0 Å². The molecule has 0 aliphatic heterocycles. The van der Waals surface area contributed by atoms with Crippen LogP contribution in [0.3, 0.4) is 0 Å². The molecule has 0 saturated heterocycles. The molecule has 0 aromatic rings. The Balaban J connectivity index is -0.00000200. The van der Waals surface area contributed by atoms with Crippen molar-refractivity contribution in [3.05, 3.63) is 0 Å². The smallest absolute Gasteiger partial charge is 0.748 e. The third-order valence-electron chi connectivity index (χ3n) is 2.33. The summed E-state index contributed by atoms with van der Waals surface area (Å²) in [6.45, 7) is -0.225. The fourth-order valence-electron chi connectivity index (χ4n) is 1.38. The molecular formula is C8H18Li2N2O8S3. The van der Waals surface area contributed by atoms with E-state index in [0.717, 1.165) is 6.26 Å². The van der Waals surface area contributed by atoms with Crippen LogP contribution in [0.1, 0.15) is 6.42 Å². The second-order valence-corrected chi connectivity index (χ2v) is 9.27. The minimum atomic E-state index is -4.46. The van der Waals surface area contributed by atoms with Gasteiger partial charge in [-0.05, 0) is 13.0 Å². The second kappa shape index (κ2) is 12.3. The SMILES string of the molecule is CS(=O)(=O)NCCCN(CCS(=O)(=O)[O-])CCS(=O)(=O)[O-].[Li+].[Li+]. The van der Waals surface area contributed by atoms with E-state index in [0.29, 0.717) is 0 Å². The van der Waals surface area contributed by atoms with Crippen molar-refractivity contribution in [2.45, 2.75) is 6.42 Å². The van der Waals surface area contributed by atoms with E-state index in [9.17, 15) is 34.4 Å². The Labute approximate surface area is 161 Å². The first-order valence-corrected chi connectivity index (χ1v) is 10.9. The van der Waals surface area contributed by atoms with Crippen molar-refractivity contribution in [2.75, 3.05) is 43.9 Å². The van der Waals surface area contributed by atoms with Crippen molar-refractivity contribution in [2.24, 2.45) is 0 Å². The zero-order chi connectivity index (χ0) is 16.7. The van der Waals surface area contributed by atoms with E-state index in [2.05, 4.69) is 4.72 Å². The Morgan fingerprint density at radius 3 is 1.52 bits per heavy atom. The molecule has 0 atom stereocenters. The van der Waals surface area contributed by atoms with Gasteiger partial charge in [-0.15, -0.1) is 0 Å². The van der Waals surface area contributed by atoms with Crippen LogP contribution in [0, 0.1) is 0 Å². The normalized spacial score (nSPS) is 12.5. The van der Waals surface area contributed by atoms with Gasteiger partial charge in [-0.25, -0.2) is 30.0 Å². The van der Waals surface area contributed by atoms with Crippen LogP contribution in [0.25, 0.3) is 0 Å². The predicted molar refractivity (Wildman–Crippen MR) is 73.0 cm³/mol. The summed E-state index contributed by atoms with van der Waals surface area (Å²) < 4.78 is 87.1. The van der Waals surface area contributed by atoms with Crippen LogP contribution >= 0.6 is 0 Å². The molecule has 0 aromatic carbocycles. The molecule has 0 spiro atoms. The number of nitrogens with zero attached hydrogens (tertiary/aromatic N) is 1. The van der Waals surface area contributed by atoms with E-state index in [-0.39, 0.29) is 70.3 Å². The largest absolute Gasteiger partial charge is 1.00 e. The molecule has 0 saturated carbocycles. The summed E-state index contributed by atoms with van der Waals surface area (Å²) in [5.41, 5.74) is 0. The van der Waals surface area contributed by atoms with E-state index in [4.69, 9.17) is 0 Å². The first kappa shape index (κ1) is 28.7. The molecule has 0 bridgehead atoms. The van der Waals surface area contributed by atoms with Crippen molar-refractivity contribution in [3.8, 4) is 0 Å². The summed E-state index contributed by atoms with van der Waals surface area (Å²) in [4.78, 5) is 1.31. The summed E-state index contributed by atoms with van der Waals surface area (Å²) in [7, 11) is -12.3. The van der Waals surface area contributed by atoms with Gasteiger partial charge in [0.25, 0.3) is 0 Å². The van der Waals surface area contributed by atoms with Gasteiger partial charge in [-0.1, -0.05) is 0 Å². The molecule has 128 valence electrons. The Hall–Kier alpha value is 0.885. The number of hydrogen-bond donors (Lipinski definition) is 1. The molecule has 0 rings (SSSR count). The van der Waals surface area contributed by atoms with Gasteiger partial charge in [0, 0.05) is 19.6 Å². The molecule has 0 aliphatic rings. The summed E-state index contributed by atoms with van der Waals surface area (Å²) in [5.74, 6) is -1.43. The molecule has 0 radical (unpaired) electrons. The van der Waals surface area contributed by atoms with Crippen LogP contribution in [0.2, 0.25) is 0 Å². The number of rotatable bonds is 11. The van der Waals surface area contributed by atoms with Gasteiger partial charge in [0.2, 0.25) is 10.0 Å². The van der Waals surface area contributed by atoms with Gasteiger partial charge in [0.05, 0.1) is 38.0 Å². The van der Waals surface area contributed by atoms with E-state index in [1.54, 1.807) is 0 Å². The van der Waals surface area contributed by atoms with Gasteiger partial charge >= 0.3 is 37.7 Å². The average Bonchev–Trinajstić information content (AvgIpc) is 2.22. The van der Waals surface area contributed by atoms with Crippen LogP contribution in [-0.4, -0.2) is 83.2 Å². The molecule has 0 aliphatic carbocycles. The third-order valence-corrected chi connectivity index (χ3v) is 4.42. The third kappa shape index (κ3) is 22.9. The fourth-order valence-corrected chi connectivity index (χ4v) is 2.86. The van der Waals surface area contributed by atoms with Crippen molar-refractivity contribution >= 4 is 30.3 Å². The van der Waals surface area contributed by atoms with E-state index in [1.165, 1.54) is 4.90 Å². The first-order valence-electron chi connectivity index (χ1n) is 5.83. The van der Waals surface area contributed by atoms with Crippen LogP contribution in [-0.2, 0) is 30.3 Å². The molecule has 10 nitrogen and oxygen atoms in total. The molecule has 0 aromatic heterocycles. The molecule has 0 unspecified atom stereocenters. The molecular weight excluding hydrogens is 362 g/mol. The predicted octanol–water partition coefficient (Wildman–Crippen LogP) is -8.67. The maximum atomic E-state index is 10.8. The standard InChI is InChI=1S/C8H20N2O8S3.2Li/c1-19(11,12)9-3-2-4-10(5-7-20(13,14)15)6-8-21(16,17)18;;/h9H,2-8H2,1H3,(H,13,14,15)(H,16,17,18);;/q;2*+1/p-2. The monoisotopic (exact) mass is 380 g/mol. The summed E-state index contributed by atoms with van der Waals surface area (Å²) in [6.07, 6.45) is 1.24. The van der Waals surface area contributed by atoms with Crippen molar-refractivity contribution in [3.63, 3.8) is 0 Å². The minimum absolute atomic E-state index is 0. The van der Waals surface area contributed by atoms with Gasteiger partial charge in [0.15, 0.2) is 0 Å². The quantitative estimate of drug-likeness (QED) is 0.208. The summed E-state index contributed by atoms with van der Waals surface area (Å²) in [6, 6.07) is 0. The van der Waals surface area contributed by atoms with E-state index < -0.39 is 41.8 Å².